The van der Waals surface area contributed by atoms with Gasteiger partial charge >= 0.3 is 0 Å². The zero-order chi connectivity index (χ0) is 8.32. The second-order valence-electron chi connectivity index (χ2n) is 2.80. The Bertz CT molecular complexity index is 159. The highest BCUT2D eigenvalue weighted by molar-refractivity contribution is 8.00. The predicted octanol–water partition coefficient (Wildman–Crippen LogP) is 1.24. The Balaban J connectivity index is 2.16. The lowest BCUT2D eigenvalue weighted by Gasteiger charge is -2.11. The summed E-state index contributed by atoms with van der Waals surface area (Å²) in [6.07, 6.45) is 4.52. The van der Waals surface area contributed by atoms with E-state index < -0.39 is 0 Å². The first-order chi connectivity index (χ1) is 5.22. The lowest BCUT2D eigenvalue weighted by Crippen LogP contribution is -2.32. The molecule has 0 saturated heterocycles. The average Bonchev–Trinajstić information content (AvgIpc) is 2.81. The summed E-state index contributed by atoms with van der Waals surface area (Å²) < 4.78 is 0.349. The molecule has 0 aromatic carbocycles. The molecule has 0 spiro atoms. The third kappa shape index (κ3) is 2.56. The van der Waals surface area contributed by atoms with Crippen LogP contribution in [-0.4, -0.2) is 29.3 Å². The zero-order valence-electron chi connectivity index (χ0n) is 6.52. The Hall–Kier alpha value is 0.110. The number of halogens is 1. The maximum absolute atomic E-state index is 10.7. The van der Waals surface area contributed by atoms with E-state index in [1.165, 1.54) is 12.8 Å². The van der Waals surface area contributed by atoms with Gasteiger partial charge in [0.25, 0.3) is 0 Å². The van der Waals surface area contributed by atoms with E-state index in [4.69, 9.17) is 11.6 Å². The third-order valence-corrected chi connectivity index (χ3v) is 3.63. The highest BCUT2D eigenvalue weighted by atomic mass is 35.5. The van der Waals surface area contributed by atoms with E-state index in [2.05, 4.69) is 11.6 Å². The van der Waals surface area contributed by atoms with Gasteiger partial charge in [-0.1, -0.05) is 0 Å². The smallest absolute Gasteiger partial charge is 0.234 e. The first-order valence-electron chi connectivity index (χ1n) is 3.60. The topological polar surface area (TPSA) is 29.1 Å². The molecular formula is C7H12ClNOS. The molecule has 0 atom stereocenters. The van der Waals surface area contributed by atoms with Gasteiger partial charge in [-0.25, -0.2) is 0 Å². The number of thioether (sulfide) groups is 1. The van der Waals surface area contributed by atoms with Crippen LogP contribution >= 0.6 is 23.4 Å². The first-order valence-corrected chi connectivity index (χ1v) is 5.36. The number of nitrogens with one attached hydrogen (secondary N) is 1. The van der Waals surface area contributed by atoms with E-state index in [0.717, 1.165) is 6.54 Å². The van der Waals surface area contributed by atoms with E-state index in [0.29, 0.717) is 4.75 Å². The number of carbonyl (C=O) groups is 1. The van der Waals surface area contributed by atoms with E-state index in [1.54, 1.807) is 0 Å². The van der Waals surface area contributed by atoms with Crippen molar-refractivity contribution in [3.05, 3.63) is 0 Å². The van der Waals surface area contributed by atoms with E-state index in [1.807, 2.05) is 11.8 Å². The molecule has 0 bridgehead atoms. The highest BCUT2D eigenvalue weighted by Gasteiger charge is 2.41. The molecule has 0 radical (unpaired) electrons. The fourth-order valence-electron chi connectivity index (χ4n) is 0.899. The van der Waals surface area contributed by atoms with Crippen molar-refractivity contribution in [2.75, 3.05) is 18.7 Å². The summed E-state index contributed by atoms with van der Waals surface area (Å²) in [7, 11) is 0. The summed E-state index contributed by atoms with van der Waals surface area (Å²) in [5.41, 5.74) is 0. The molecule has 1 N–H and O–H groups in total. The van der Waals surface area contributed by atoms with Crippen LogP contribution in [0.4, 0.5) is 0 Å². The van der Waals surface area contributed by atoms with Crippen molar-refractivity contribution in [2.45, 2.75) is 17.6 Å². The SMILES string of the molecule is CSC1(CNC(=O)CCl)CC1. The van der Waals surface area contributed by atoms with Crippen LogP contribution in [0, 0.1) is 0 Å². The Morgan fingerprint density at radius 3 is 2.73 bits per heavy atom. The molecule has 1 rings (SSSR count). The van der Waals surface area contributed by atoms with Gasteiger partial charge in [0.05, 0.1) is 0 Å². The lowest BCUT2D eigenvalue weighted by atomic mass is 10.4. The molecule has 1 saturated carbocycles. The summed E-state index contributed by atoms with van der Waals surface area (Å²) in [5, 5.41) is 2.79. The Labute approximate surface area is 76.1 Å². The maximum atomic E-state index is 10.7. The second kappa shape index (κ2) is 3.68. The van der Waals surface area contributed by atoms with Gasteiger partial charge in [0, 0.05) is 11.3 Å². The molecule has 0 unspecified atom stereocenters. The number of rotatable bonds is 4. The van der Waals surface area contributed by atoms with Crippen molar-refractivity contribution >= 4 is 29.3 Å². The molecule has 4 heteroatoms. The van der Waals surface area contributed by atoms with Crippen LogP contribution in [0.3, 0.4) is 0 Å². The van der Waals surface area contributed by atoms with Crippen LogP contribution in [0.2, 0.25) is 0 Å². The minimum absolute atomic E-state index is 0.0630. The predicted molar refractivity (Wildman–Crippen MR) is 49.2 cm³/mol. The van der Waals surface area contributed by atoms with Gasteiger partial charge in [0.2, 0.25) is 5.91 Å². The van der Waals surface area contributed by atoms with Gasteiger partial charge in [0.15, 0.2) is 0 Å². The fourth-order valence-corrected chi connectivity index (χ4v) is 1.72. The molecule has 1 amide bonds. The molecule has 1 fully saturated rings. The molecule has 0 aromatic rings. The normalized spacial score (nSPS) is 19.5. The monoisotopic (exact) mass is 193 g/mol. The quantitative estimate of drug-likeness (QED) is 0.681. The van der Waals surface area contributed by atoms with Crippen molar-refractivity contribution in [2.24, 2.45) is 0 Å². The van der Waals surface area contributed by atoms with Gasteiger partial charge in [0.1, 0.15) is 5.88 Å². The Morgan fingerprint density at radius 2 is 2.36 bits per heavy atom. The van der Waals surface area contributed by atoms with Crippen LogP contribution in [0.25, 0.3) is 0 Å². The molecule has 0 aromatic heterocycles. The summed E-state index contributed by atoms with van der Waals surface area (Å²) in [5.74, 6) is 0.0109. The second-order valence-corrected chi connectivity index (χ2v) is 4.34. The summed E-state index contributed by atoms with van der Waals surface area (Å²) in [6, 6.07) is 0. The maximum Gasteiger partial charge on any atom is 0.234 e. The molecule has 11 heavy (non-hydrogen) atoms. The number of alkyl halides is 1. The number of amides is 1. The van der Waals surface area contributed by atoms with E-state index in [-0.39, 0.29) is 11.8 Å². The zero-order valence-corrected chi connectivity index (χ0v) is 8.10. The lowest BCUT2D eigenvalue weighted by molar-refractivity contribution is -0.118. The van der Waals surface area contributed by atoms with Crippen LogP contribution < -0.4 is 5.32 Å². The van der Waals surface area contributed by atoms with E-state index in [9.17, 15) is 4.79 Å². The first kappa shape index (κ1) is 9.20. The largest absolute Gasteiger partial charge is 0.354 e. The average molecular weight is 194 g/mol. The standard InChI is InChI=1S/C7H12ClNOS/c1-11-7(2-3-7)5-9-6(10)4-8/h2-5H2,1H3,(H,9,10). The van der Waals surface area contributed by atoms with Crippen molar-refractivity contribution < 1.29 is 4.79 Å². The summed E-state index contributed by atoms with van der Waals surface area (Å²) in [6.45, 7) is 0.778. The van der Waals surface area contributed by atoms with Crippen LogP contribution in [0.5, 0.6) is 0 Å². The van der Waals surface area contributed by atoms with Crippen molar-refractivity contribution in [1.82, 2.24) is 5.32 Å². The molecule has 1 aliphatic rings. The molecule has 0 heterocycles. The van der Waals surface area contributed by atoms with Gasteiger partial charge in [-0.05, 0) is 19.1 Å². The highest BCUT2D eigenvalue weighted by Crippen LogP contribution is 2.46. The Kier molecular flexibility index (Phi) is 3.07. The number of hydrogen-bond donors (Lipinski definition) is 1. The van der Waals surface area contributed by atoms with Crippen LogP contribution in [-0.2, 0) is 4.79 Å². The van der Waals surface area contributed by atoms with Gasteiger partial charge in [-0.2, -0.15) is 11.8 Å². The molecule has 2 nitrogen and oxygen atoms in total. The molecule has 1 aliphatic carbocycles. The minimum Gasteiger partial charge on any atom is -0.354 e. The third-order valence-electron chi connectivity index (χ3n) is 1.97. The van der Waals surface area contributed by atoms with Crippen molar-refractivity contribution in [3.8, 4) is 0 Å². The molecular weight excluding hydrogens is 182 g/mol. The van der Waals surface area contributed by atoms with Crippen molar-refractivity contribution in [1.29, 1.82) is 0 Å². The van der Waals surface area contributed by atoms with E-state index >= 15 is 0 Å². The van der Waals surface area contributed by atoms with Crippen molar-refractivity contribution in [3.63, 3.8) is 0 Å². The molecule has 64 valence electrons. The minimum atomic E-state index is -0.0630. The van der Waals surface area contributed by atoms with Gasteiger partial charge < -0.3 is 5.32 Å². The Morgan fingerprint density at radius 1 is 1.73 bits per heavy atom. The number of carbonyl (C=O) groups excluding carboxylic acids is 1. The van der Waals surface area contributed by atoms with Gasteiger partial charge in [-0.3, -0.25) is 4.79 Å². The van der Waals surface area contributed by atoms with Crippen LogP contribution in [0.15, 0.2) is 0 Å². The van der Waals surface area contributed by atoms with Crippen LogP contribution in [0.1, 0.15) is 12.8 Å². The van der Waals surface area contributed by atoms with Gasteiger partial charge in [-0.15, -0.1) is 11.6 Å². The fraction of sp³-hybridized carbons (Fsp3) is 0.857. The summed E-state index contributed by atoms with van der Waals surface area (Å²) in [4.78, 5) is 10.7. The number of hydrogen-bond acceptors (Lipinski definition) is 2. The summed E-state index contributed by atoms with van der Waals surface area (Å²) >= 11 is 7.16. The molecule has 0 aliphatic heterocycles.